The van der Waals surface area contributed by atoms with Crippen LogP contribution in [0.3, 0.4) is 0 Å². The Balaban J connectivity index is 1.50. The zero-order valence-electron chi connectivity index (χ0n) is 24.9. The van der Waals surface area contributed by atoms with Crippen LogP contribution in [0.4, 0.5) is 24.8 Å². The molecule has 1 saturated carbocycles. The third kappa shape index (κ3) is 7.15. The summed E-state index contributed by atoms with van der Waals surface area (Å²) < 4.78 is 96.3. The van der Waals surface area contributed by atoms with E-state index in [4.69, 9.17) is 4.98 Å². The molecular formula is C30H32F3N5O4S3. The number of hydrogen-bond donors (Lipinski definition) is 2. The molecule has 0 radical (unpaired) electrons. The highest BCUT2D eigenvalue weighted by Gasteiger charge is 2.30. The molecule has 0 bridgehead atoms. The van der Waals surface area contributed by atoms with Gasteiger partial charge < -0.3 is 5.32 Å². The molecule has 5 rings (SSSR count). The number of benzene rings is 2. The highest BCUT2D eigenvalue weighted by atomic mass is 32.2. The van der Waals surface area contributed by atoms with Crippen molar-refractivity contribution >= 4 is 42.8 Å². The lowest BCUT2D eigenvalue weighted by atomic mass is 9.95. The van der Waals surface area contributed by atoms with Crippen LogP contribution in [-0.2, 0) is 25.3 Å². The number of thiazole rings is 1. The molecule has 15 heteroatoms. The van der Waals surface area contributed by atoms with Crippen molar-refractivity contribution in [3.63, 3.8) is 0 Å². The monoisotopic (exact) mass is 679 g/mol. The quantitative estimate of drug-likeness (QED) is 0.214. The summed E-state index contributed by atoms with van der Waals surface area (Å²) in [6.07, 6.45) is 5.15. The van der Waals surface area contributed by atoms with Crippen LogP contribution in [0.25, 0.3) is 21.8 Å². The van der Waals surface area contributed by atoms with Crippen molar-refractivity contribution in [2.24, 2.45) is 0 Å². The zero-order chi connectivity index (χ0) is 32.7. The minimum absolute atomic E-state index is 0.0224. The second-order valence-electron chi connectivity index (χ2n) is 12.0. The van der Waals surface area contributed by atoms with Gasteiger partial charge in [-0.2, -0.15) is 0 Å². The molecule has 0 atom stereocenters. The Morgan fingerprint density at radius 1 is 0.889 bits per heavy atom. The third-order valence-corrected chi connectivity index (χ3v) is 12.1. The van der Waals surface area contributed by atoms with Gasteiger partial charge in [0.2, 0.25) is 5.95 Å². The lowest BCUT2D eigenvalue weighted by Gasteiger charge is -2.28. The normalized spacial score (nSPS) is 17.7. The molecule has 1 aliphatic carbocycles. The fraction of sp³-hybridized carbons (Fsp3) is 0.367. The molecule has 0 saturated heterocycles. The highest BCUT2D eigenvalue weighted by Crippen LogP contribution is 2.42. The van der Waals surface area contributed by atoms with Crippen LogP contribution in [-0.4, -0.2) is 49.3 Å². The SMILES string of the molecule is CC(C)(C)c1nc(-c2cccc(NS(=O)(=O)c3c(F)cccc3F)c2F)c(-c2ccnc(NC3CCC(S(C)(=O)=O)CC3)n2)s1. The van der Waals surface area contributed by atoms with Crippen molar-refractivity contribution in [2.75, 3.05) is 16.3 Å². The second kappa shape index (κ2) is 12.3. The van der Waals surface area contributed by atoms with Gasteiger partial charge in [-0.3, -0.25) is 4.72 Å². The van der Waals surface area contributed by atoms with Crippen LogP contribution in [0.15, 0.2) is 53.6 Å². The van der Waals surface area contributed by atoms with Gasteiger partial charge in [-0.05, 0) is 56.0 Å². The van der Waals surface area contributed by atoms with E-state index in [0.717, 1.165) is 24.3 Å². The van der Waals surface area contributed by atoms with E-state index in [9.17, 15) is 25.6 Å². The van der Waals surface area contributed by atoms with E-state index < -0.39 is 53.3 Å². The molecule has 2 aromatic heterocycles. The molecule has 2 N–H and O–H groups in total. The Morgan fingerprint density at radius 3 is 2.16 bits per heavy atom. The maximum Gasteiger partial charge on any atom is 0.267 e. The first-order valence-electron chi connectivity index (χ1n) is 14.1. The summed E-state index contributed by atoms with van der Waals surface area (Å²) in [6.45, 7) is 5.84. The number of aromatic nitrogens is 3. The summed E-state index contributed by atoms with van der Waals surface area (Å²) in [4.78, 5) is 13.0. The molecule has 0 amide bonds. The number of sulfone groups is 1. The molecule has 1 fully saturated rings. The van der Waals surface area contributed by atoms with Crippen LogP contribution >= 0.6 is 11.3 Å². The molecule has 0 unspecified atom stereocenters. The van der Waals surface area contributed by atoms with Crippen molar-refractivity contribution in [1.82, 2.24) is 15.0 Å². The molecule has 2 aromatic carbocycles. The van der Waals surface area contributed by atoms with E-state index in [-0.39, 0.29) is 22.5 Å². The minimum atomic E-state index is -4.83. The fourth-order valence-electron chi connectivity index (χ4n) is 5.10. The topological polar surface area (TPSA) is 131 Å². The maximum absolute atomic E-state index is 16.1. The lowest BCUT2D eigenvalue weighted by molar-refractivity contribution is 0.452. The predicted octanol–water partition coefficient (Wildman–Crippen LogP) is 6.55. The Labute approximate surface area is 264 Å². The number of nitrogens with one attached hydrogen (secondary N) is 2. The average Bonchev–Trinajstić information content (AvgIpc) is 3.40. The number of sulfonamides is 1. The molecule has 45 heavy (non-hydrogen) atoms. The Morgan fingerprint density at radius 2 is 1.53 bits per heavy atom. The van der Waals surface area contributed by atoms with Crippen LogP contribution in [0, 0.1) is 17.5 Å². The summed E-state index contributed by atoms with van der Waals surface area (Å²) in [5.41, 5.74) is -0.334. The van der Waals surface area contributed by atoms with E-state index in [1.165, 1.54) is 29.7 Å². The number of nitrogens with zero attached hydrogens (tertiary/aromatic N) is 3. The van der Waals surface area contributed by atoms with Gasteiger partial charge in [-0.25, -0.2) is 45.0 Å². The molecule has 0 spiro atoms. The number of rotatable bonds is 8. The molecular weight excluding hydrogens is 648 g/mol. The Kier molecular flexibility index (Phi) is 8.99. The number of halogens is 3. The van der Waals surface area contributed by atoms with Crippen LogP contribution in [0.2, 0.25) is 0 Å². The first kappa shape index (κ1) is 32.8. The zero-order valence-corrected chi connectivity index (χ0v) is 27.4. The summed E-state index contributed by atoms with van der Waals surface area (Å²) >= 11 is 1.30. The second-order valence-corrected chi connectivity index (χ2v) is 16.9. The lowest BCUT2D eigenvalue weighted by Crippen LogP contribution is -2.32. The number of hydrogen-bond acceptors (Lipinski definition) is 9. The highest BCUT2D eigenvalue weighted by molar-refractivity contribution is 7.92. The fourth-order valence-corrected chi connectivity index (χ4v) is 8.53. The smallest absolute Gasteiger partial charge is 0.267 e. The van der Waals surface area contributed by atoms with Gasteiger partial charge in [-0.15, -0.1) is 11.3 Å². The molecule has 0 aliphatic heterocycles. The third-order valence-electron chi connectivity index (χ3n) is 7.46. The summed E-state index contributed by atoms with van der Waals surface area (Å²) in [5, 5.41) is 3.59. The van der Waals surface area contributed by atoms with Crippen molar-refractivity contribution in [3.05, 3.63) is 71.1 Å². The summed E-state index contributed by atoms with van der Waals surface area (Å²) in [5.74, 6) is -3.29. The van der Waals surface area contributed by atoms with Gasteiger partial charge >= 0.3 is 0 Å². The first-order valence-corrected chi connectivity index (χ1v) is 18.4. The van der Waals surface area contributed by atoms with Gasteiger partial charge in [0.25, 0.3) is 10.0 Å². The van der Waals surface area contributed by atoms with E-state index >= 15 is 4.39 Å². The van der Waals surface area contributed by atoms with E-state index in [1.54, 1.807) is 12.3 Å². The van der Waals surface area contributed by atoms with Gasteiger partial charge in [0.05, 0.1) is 32.2 Å². The van der Waals surface area contributed by atoms with Gasteiger partial charge in [-0.1, -0.05) is 32.9 Å². The molecule has 2 heterocycles. The van der Waals surface area contributed by atoms with E-state index in [2.05, 4.69) is 15.3 Å². The van der Waals surface area contributed by atoms with Crippen molar-refractivity contribution in [1.29, 1.82) is 0 Å². The van der Waals surface area contributed by atoms with Crippen LogP contribution in [0.1, 0.15) is 51.5 Å². The van der Waals surface area contributed by atoms with Crippen molar-refractivity contribution < 1.29 is 30.0 Å². The van der Waals surface area contributed by atoms with E-state index in [1.807, 2.05) is 25.5 Å². The Bertz CT molecular complexity index is 1930. The summed E-state index contributed by atoms with van der Waals surface area (Å²) in [6, 6.07) is 8.25. The predicted molar refractivity (Wildman–Crippen MR) is 169 cm³/mol. The van der Waals surface area contributed by atoms with Crippen molar-refractivity contribution in [2.45, 2.75) is 68.1 Å². The molecule has 9 nitrogen and oxygen atoms in total. The standard InChI is InChI=1S/C30H32F3N5O4S3/c1-30(2,3)28-37-25(19-7-5-10-22(24(19)33)38-45(41,42)27-20(31)8-6-9-21(27)32)26(43-28)23-15-16-34-29(36-23)35-17-11-13-18(14-12-17)44(4,39)40/h5-10,15-18,38H,11-14H2,1-4H3,(H,34,35,36). The van der Waals surface area contributed by atoms with Gasteiger partial charge in [0, 0.05) is 29.5 Å². The largest absolute Gasteiger partial charge is 0.351 e. The molecule has 1 aliphatic rings. The first-order chi connectivity index (χ1) is 21.0. The van der Waals surface area contributed by atoms with Gasteiger partial charge in [0.15, 0.2) is 10.7 Å². The molecule has 240 valence electrons. The molecule has 4 aromatic rings. The summed E-state index contributed by atoms with van der Waals surface area (Å²) in [7, 11) is -7.94. The average molecular weight is 680 g/mol. The van der Waals surface area contributed by atoms with Crippen LogP contribution < -0.4 is 10.0 Å². The van der Waals surface area contributed by atoms with Crippen molar-refractivity contribution in [3.8, 4) is 21.8 Å². The van der Waals surface area contributed by atoms with Gasteiger partial charge in [0.1, 0.15) is 21.5 Å². The maximum atomic E-state index is 16.1. The van der Waals surface area contributed by atoms with E-state index in [0.29, 0.717) is 47.2 Å². The minimum Gasteiger partial charge on any atom is -0.351 e. The van der Waals surface area contributed by atoms with Crippen LogP contribution in [0.5, 0.6) is 0 Å². The Hall–Kier alpha value is -3.56. The number of anilines is 2.